The molecule has 0 spiro atoms. The van der Waals surface area contributed by atoms with Gasteiger partial charge in [0.15, 0.2) is 0 Å². The van der Waals surface area contributed by atoms with Crippen LogP contribution >= 0.6 is 37.2 Å². The molecule has 0 amide bonds. The second-order valence-corrected chi connectivity index (χ2v) is 8.57. The van der Waals surface area contributed by atoms with E-state index in [1.54, 1.807) is 0 Å². The second kappa shape index (κ2) is 14.3. The summed E-state index contributed by atoms with van der Waals surface area (Å²) in [4.78, 5) is 7.08. The number of nitrogens with one attached hydrogen (secondary N) is 1. The molecular weight excluding hydrogens is 532 g/mol. The smallest absolute Gasteiger partial charge is 0.130 e. The van der Waals surface area contributed by atoms with Crippen LogP contribution in [0.4, 0.5) is 4.39 Å². The number of aromatic nitrogens is 1. The summed E-state index contributed by atoms with van der Waals surface area (Å²) in [6.07, 6.45) is 0. The lowest BCUT2D eigenvalue weighted by molar-refractivity contribution is 0.209. The highest BCUT2D eigenvalue weighted by atomic mass is 35.5. The van der Waals surface area contributed by atoms with Gasteiger partial charge >= 0.3 is 0 Å². The first kappa shape index (κ1) is 30.6. The summed E-state index contributed by atoms with van der Waals surface area (Å²) in [6, 6.07) is 26.9. The second-order valence-electron chi connectivity index (χ2n) is 8.57. The van der Waals surface area contributed by atoms with E-state index in [9.17, 15) is 4.39 Å². The van der Waals surface area contributed by atoms with Crippen LogP contribution in [0.3, 0.4) is 0 Å². The van der Waals surface area contributed by atoms with Crippen LogP contribution in [0, 0.1) is 5.82 Å². The minimum Gasteiger partial charge on any atom is -0.487 e. The number of halogens is 4. The first-order valence-corrected chi connectivity index (χ1v) is 11.6. The Bertz CT molecular complexity index is 1280. The molecule has 0 bridgehead atoms. The fraction of sp³-hybridized carbons (Fsp3) is 0.207. The van der Waals surface area contributed by atoms with E-state index in [0.717, 1.165) is 65.2 Å². The third-order valence-electron chi connectivity index (χ3n) is 6.30. The lowest BCUT2D eigenvalue weighted by Gasteiger charge is -2.36. The Balaban J connectivity index is 0.00000160. The largest absolute Gasteiger partial charge is 0.487 e. The summed E-state index contributed by atoms with van der Waals surface area (Å²) in [7, 11) is 0. The molecule has 8 heteroatoms. The number of benzene rings is 3. The Kier molecular flexibility index (Phi) is 11.8. The van der Waals surface area contributed by atoms with Crippen molar-refractivity contribution in [2.45, 2.75) is 12.6 Å². The molecule has 2 heterocycles. The highest BCUT2D eigenvalue weighted by Crippen LogP contribution is 2.35. The maximum absolute atomic E-state index is 13.6. The molecule has 37 heavy (non-hydrogen) atoms. The van der Waals surface area contributed by atoms with E-state index in [2.05, 4.69) is 33.9 Å². The fourth-order valence-corrected chi connectivity index (χ4v) is 4.49. The number of ether oxygens (including phenoxy) is 1. The van der Waals surface area contributed by atoms with Crippen molar-refractivity contribution < 1.29 is 9.13 Å². The van der Waals surface area contributed by atoms with E-state index in [0.29, 0.717) is 6.61 Å². The van der Waals surface area contributed by atoms with Crippen molar-refractivity contribution in [1.29, 1.82) is 0 Å². The average Bonchev–Trinajstić information content (AvgIpc) is 2.89. The molecule has 0 aliphatic carbocycles. The average molecular weight is 563 g/mol. The van der Waals surface area contributed by atoms with Gasteiger partial charge < -0.3 is 10.1 Å². The summed E-state index contributed by atoms with van der Waals surface area (Å²) in [6.45, 7) is 8.55. The van der Waals surface area contributed by atoms with E-state index < -0.39 is 0 Å². The van der Waals surface area contributed by atoms with Crippen molar-refractivity contribution in [3.63, 3.8) is 0 Å². The van der Waals surface area contributed by atoms with Gasteiger partial charge in [0.2, 0.25) is 0 Å². The van der Waals surface area contributed by atoms with Crippen molar-refractivity contribution in [2.75, 3.05) is 26.2 Å². The molecule has 1 atom stereocenters. The van der Waals surface area contributed by atoms with E-state index >= 15 is 0 Å². The van der Waals surface area contributed by atoms with Crippen LogP contribution in [0.2, 0.25) is 0 Å². The number of para-hydroxylation sites is 1. The summed E-state index contributed by atoms with van der Waals surface area (Å²) in [5.41, 5.74) is 4.95. The van der Waals surface area contributed by atoms with Gasteiger partial charge in [-0.15, -0.1) is 37.2 Å². The van der Waals surface area contributed by atoms with Crippen LogP contribution in [0.25, 0.3) is 16.5 Å². The van der Waals surface area contributed by atoms with Crippen LogP contribution in [0.15, 0.2) is 91.5 Å². The summed E-state index contributed by atoms with van der Waals surface area (Å²) in [5, 5.41) is 4.52. The summed E-state index contributed by atoms with van der Waals surface area (Å²) in [5.74, 6) is 0.558. The molecule has 3 aromatic carbocycles. The number of hydrogen-bond acceptors (Lipinski definition) is 4. The molecule has 4 aromatic rings. The minimum absolute atomic E-state index is 0. The number of fused-ring (bicyclic) bond motifs is 1. The van der Waals surface area contributed by atoms with Gasteiger partial charge in [0.1, 0.15) is 18.2 Å². The predicted molar refractivity (Wildman–Crippen MR) is 157 cm³/mol. The van der Waals surface area contributed by atoms with Crippen LogP contribution in [0.5, 0.6) is 5.75 Å². The quantitative estimate of drug-likeness (QED) is 0.266. The molecule has 1 unspecified atom stereocenters. The molecule has 1 aliphatic rings. The van der Waals surface area contributed by atoms with Crippen molar-refractivity contribution in [3.05, 3.63) is 114 Å². The van der Waals surface area contributed by atoms with E-state index in [1.807, 2.05) is 60.7 Å². The molecular formula is C29H31Cl3FN3O. The molecule has 0 radical (unpaired) electrons. The topological polar surface area (TPSA) is 37.4 Å². The highest BCUT2D eigenvalue weighted by Gasteiger charge is 2.25. The summed E-state index contributed by atoms with van der Waals surface area (Å²) >= 11 is 0. The van der Waals surface area contributed by atoms with Crippen molar-refractivity contribution in [2.24, 2.45) is 0 Å². The molecule has 1 N–H and O–H groups in total. The van der Waals surface area contributed by atoms with Crippen LogP contribution in [-0.4, -0.2) is 36.1 Å². The number of rotatable bonds is 7. The first-order valence-electron chi connectivity index (χ1n) is 11.6. The lowest BCUT2D eigenvalue weighted by atomic mass is 9.92. The first-order chi connectivity index (χ1) is 16.7. The maximum atomic E-state index is 13.6. The van der Waals surface area contributed by atoms with E-state index in [-0.39, 0.29) is 49.1 Å². The lowest BCUT2D eigenvalue weighted by Crippen LogP contribution is -2.45. The van der Waals surface area contributed by atoms with Gasteiger partial charge in [0.05, 0.1) is 17.3 Å². The normalized spacial score (nSPS) is 14.0. The van der Waals surface area contributed by atoms with Crippen LogP contribution < -0.4 is 10.1 Å². The fourth-order valence-electron chi connectivity index (χ4n) is 4.49. The third-order valence-corrected chi connectivity index (χ3v) is 6.30. The Morgan fingerprint density at radius 2 is 1.57 bits per heavy atom. The van der Waals surface area contributed by atoms with Crippen LogP contribution in [0.1, 0.15) is 22.9 Å². The van der Waals surface area contributed by atoms with Crippen LogP contribution in [-0.2, 0) is 6.61 Å². The van der Waals surface area contributed by atoms with E-state index in [1.165, 1.54) is 12.1 Å². The minimum atomic E-state index is -0.226. The van der Waals surface area contributed by atoms with Gasteiger partial charge in [0.25, 0.3) is 0 Å². The summed E-state index contributed by atoms with van der Waals surface area (Å²) < 4.78 is 19.6. The zero-order valence-electron chi connectivity index (χ0n) is 20.3. The molecule has 0 saturated carbocycles. The number of nitrogens with zero attached hydrogens (tertiary/aromatic N) is 2. The van der Waals surface area contributed by atoms with Gasteiger partial charge in [-0.2, -0.15) is 0 Å². The van der Waals surface area contributed by atoms with E-state index in [4.69, 9.17) is 4.74 Å². The Morgan fingerprint density at radius 3 is 2.27 bits per heavy atom. The SMILES string of the molecule is C=C(c1ccc(OCc2ccc3ccccc3n2)cc1)C(c1ccc(F)cc1)N1CCNCC1.Cl.Cl.Cl. The number of hydrogen-bond donors (Lipinski definition) is 1. The Morgan fingerprint density at radius 1 is 0.892 bits per heavy atom. The van der Waals surface area contributed by atoms with Gasteiger partial charge in [0, 0.05) is 31.6 Å². The number of pyridine rings is 1. The zero-order valence-corrected chi connectivity index (χ0v) is 22.8. The highest BCUT2D eigenvalue weighted by molar-refractivity contribution is 5.86. The van der Waals surface area contributed by atoms with Gasteiger partial charge in [-0.1, -0.05) is 55.1 Å². The van der Waals surface area contributed by atoms with Crippen molar-refractivity contribution in [3.8, 4) is 5.75 Å². The standard InChI is InChI=1S/C29H28FN3O.3ClH/c1-21(29(33-18-16-31-17-19-33)24-6-11-25(30)12-7-24)22-9-14-27(15-10-22)34-20-26-13-8-23-4-2-3-5-28(23)32-26;;;/h2-15,29,31H,1,16-20H2;3*1H. The zero-order chi connectivity index (χ0) is 23.3. The molecule has 4 nitrogen and oxygen atoms in total. The van der Waals surface area contributed by atoms with Gasteiger partial charge in [-0.3, -0.25) is 4.90 Å². The number of piperazine rings is 1. The maximum Gasteiger partial charge on any atom is 0.130 e. The van der Waals surface area contributed by atoms with Crippen molar-refractivity contribution in [1.82, 2.24) is 15.2 Å². The molecule has 1 fully saturated rings. The molecule has 1 saturated heterocycles. The third kappa shape index (κ3) is 7.44. The van der Waals surface area contributed by atoms with Gasteiger partial charge in [-0.25, -0.2) is 9.37 Å². The molecule has 1 aliphatic heterocycles. The predicted octanol–water partition coefficient (Wildman–Crippen LogP) is 6.88. The molecule has 196 valence electrons. The Hall–Kier alpha value is -2.67. The molecule has 1 aromatic heterocycles. The van der Waals surface area contributed by atoms with Crippen molar-refractivity contribution >= 4 is 53.7 Å². The monoisotopic (exact) mass is 561 g/mol. The van der Waals surface area contributed by atoms with Gasteiger partial charge in [-0.05, 0) is 53.1 Å². The molecule has 5 rings (SSSR count). The Labute approximate surface area is 236 Å².